The van der Waals surface area contributed by atoms with E-state index in [0.29, 0.717) is 18.4 Å². The Balaban J connectivity index is 2.03. The highest BCUT2D eigenvalue weighted by molar-refractivity contribution is 5.85. The molecule has 0 saturated carbocycles. The summed E-state index contributed by atoms with van der Waals surface area (Å²) in [4.78, 5) is 0. The van der Waals surface area contributed by atoms with Gasteiger partial charge in [-0.1, -0.05) is 17.7 Å². The van der Waals surface area contributed by atoms with E-state index in [-0.39, 0.29) is 11.6 Å². The molecule has 2 aromatic rings. The van der Waals surface area contributed by atoms with Gasteiger partial charge in [-0.25, -0.2) is 0 Å². The molecule has 142 valence electrons. The first-order valence-corrected chi connectivity index (χ1v) is 8.68. The molecule has 0 radical (unpaired) electrons. The minimum absolute atomic E-state index is 0.00176. The highest BCUT2D eigenvalue weighted by atomic mass is 19.4. The Morgan fingerprint density at radius 3 is 2.00 bits per heavy atom. The van der Waals surface area contributed by atoms with Crippen LogP contribution in [0.1, 0.15) is 46.7 Å². The second-order valence-electron chi connectivity index (χ2n) is 7.28. The Morgan fingerprint density at radius 2 is 1.41 bits per heavy atom. The standard InChI is InChI=1S/C21H16F6/c1-11-5-13-7-12-3-2-4-17(12)19(18(13)6-11)14-8-15(20(22,23)24)10-16(9-14)21(25,26)27/h6-10H,2-5H2,1H3. The molecular formula is C21H16F6. The molecule has 0 atom stereocenters. The Labute approximate surface area is 152 Å². The van der Waals surface area contributed by atoms with Crippen molar-refractivity contribution >= 4 is 6.08 Å². The number of alkyl halides is 6. The third-order valence-corrected chi connectivity index (χ3v) is 5.26. The normalized spacial score (nSPS) is 16.3. The molecule has 0 heterocycles. The number of halogens is 6. The summed E-state index contributed by atoms with van der Waals surface area (Å²) in [5.41, 5.74) is 2.72. The fourth-order valence-corrected chi connectivity index (χ4v) is 4.16. The third kappa shape index (κ3) is 3.15. The molecule has 0 spiro atoms. The van der Waals surface area contributed by atoms with Crippen LogP contribution in [0, 0.1) is 0 Å². The van der Waals surface area contributed by atoms with Crippen molar-refractivity contribution in [3.8, 4) is 11.1 Å². The van der Waals surface area contributed by atoms with E-state index in [2.05, 4.69) is 6.07 Å². The van der Waals surface area contributed by atoms with Crippen molar-refractivity contribution in [3.05, 3.63) is 63.2 Å². The average Bonchev–Trinajstić information content (AvgIpc) is 3.15. The van der Waals surface area contributed by atoms with Crippen LogP contribution >= 0.6 is 0 Å². The largest absolute Gasteiger partial charge is 0.416 e. The summed E-state index contributed by atoms with van der Waals surface area (Å²) in [6, 6.07) is 3.95. The van der Waals surface area contributed by atoms with Crippen molar-refractivity contribution < 1.29 is 26.3 Å². The van der Waals surface area contributed by atoms with Gasteiger partial charge in [0.15, 0.2) is 0 Å². The minimum Gasteiger partial charge on any atom is -0.166 e. The van der Waals surface area contributed by atoms with E-state index < -0.39 is 23.5 Å². The molecule has 0 bridgehead atoms. The van der Waals surface area contributed by atoms with Crippen molar-refractivity contribution in [1.29, 1.82) is 0 Å². The highest BCUT2D eigenvalue weighted by Crippen LogP contribution is 2.45. The van der Waals surface area contributed by atoms with Gasteiger partial charge in [-0.05, 0) is 84.2 Å². The Hall–Kier alpha value is -2.24. The van der Waals surface area contributed by atoms with Crippen molar-refractivity contribution in [2.75, 3.05) is 0 Å². The Morgan fingerprint density at radius 1 is 0.778 bits per heavy atom. The predicted octanol–water partition coefficient (Wildman–Crippen LogP) is 6.84. The van der Waals surface area contributed by atoms with Gasteiger partial charge in [0.25, 0.3) is 0 Å². The van der Waals surface area contributed by atoms with E-state index in [1.807, 2.05) is 13.0 Å². The van der Waals surface area contributed by atoms with Crippen LogP contribution in [-0.2, 0) is 31.6 Å². The maximum Gasteiger partial charge on any atom is 0.416 e. The third-order valence-electron chi connectivity index (χ3n) is 5.26. The van der Waals surface area contributed by atoms with Crippen molar-refractivity contribution in [3.63, 3.8) is 0 Å². The number of hydrogen-bond donors (Lipinski definition) is 0. The number of hydrogen-bond acceptors (Lipinski definition) is 0. The fourth-order valence-electron chi connectivity index (χ4n) is 4.16. The molecule has 2 aromatic carbocycles. The van der Waals surface area contributed by atoms with Crippen LogP contribution < -0.4 is 0 Å². The van der Waals surface area contributed by atoms with Gasteiger partial charge in [0.1, 0.15) is 0 Å². The van der Waals surface area contributed by atoms with Gasteiger partial charge in [-0.2, -0.15) is 26.3 Å². The first-order chi connectivity index (χ1) is 12.5. The second kappa shape index (κ2) is 5.88. The molecule has 0 N–H and O–H groups in total. The number of allylic oxidation sites excluding steroid dienone is 1. The first kappa shape index (κ1) is 18.1. The van der Waals surface area contributed by atoms with Crippen LogP contribution in [0.5, 0.6) is 0 Å². The zero-order chi connectivity index (χ0) is 19.6. The van der Waals surface area contributed by atoms with E-state index in [0.717, 1.165) is 52.8 Å². The Kier molecular flexibility index (Phi) is 3.95. The number of rotatable bonds is 1. The van der Waals surface area contributed by atoms with Gasteiger partial charge in [0.05, 0.1) is 11.1 Å². The van der Waals surface area contributed by atoms with Crippen LogP contribution in [0.15, 0.2) is 29.8 Å². The van der Waals surface area contributed by atoms with Gasteiger partial charge in [0.2, 0.25) is 0 Å². The van der Waals surface area contributed by atoms with Crippen molar-refractivity contribution in [2.45, 2.75) is 45.0 Å². The summed E-state index contributed by atoms with van der Waals surface area (Å²) in [6.07, 6.45) is -4.79. The summed E-state index contributed by atoms with van der Waals surface area (Å²) in [5, 5.41) is 0. The molecule has 27 heavy (non-hydrogen) atoms. The monoisotopic (exact) mass is 382 g/mol. The van der Waals surface area contributed by atoms with Crippen molar-refractivity contribution in [2.24, 2.45) is 0 Å². The molecule has 4 rings (SSSR count). The van der Waals surface area contributed by atoms with Crippen LogP contribution in [0.3, 0.4) is 0 Å². The Bertz CT molecular complexity index is 928. The minimum atomic E-state index is -4.84. The van der Waals surface area contributed by atoms with E-state index in [9.17, 15) is 26.3 Å². The lowest BCUT2D eigenvalue weighted by Gasteiger charge is -2.18. The van der Waals surface area contributed by atoms with Crippen LogP contribution in [0.2, 0.25) is 0 Å². The zero-order valence-corrected chi connectivity index (χ0v) is 14.5. The summed E-state index contributed by atoms with van der Waals surface area (Å²) in [6.45, 7) is 1.92. The van der Waals surface area contributed by atoms with E-state index >= 15 is 0 Å². The van der Waals surface area contributed by atoms with Gasteiger partial charge in [-0.15, -0.1) is 0 Å². The van der Waals surface area contributed by atoms with Gasteiger partial charge in [-0.3, -0.25) is 0 Å². The number of aryl methyl sites for hydroxylation is 1. The molecule has 2 aliphatic carbocycles. The summed E-state index contributed by atoms with van der Waals surface area (Å²) < 4.78 is 79.7. The molecule has 0 unspecified atom stereocenters. The SMILES string of the molecule is CC1=Cc2c(cc3c(c2-c2cc(C(F)(F)F)cc(C(F)(F)F)c2)CCC3)C1. The fraction of sp³-hybridized carbons (Fsp3) is 0.333. The molecule has 0 saturated heterocycles. The quantitative estimate of drug-likeness (QED) is 0.474. The smallest absolute Gasteiger partial charge is 0.166 e. The van der Waals surface area contributed by atoms with Crippen LogP contribution in [0.25, 0.3) is 17.2 Å². The lowest BCUT2D eigenvalue weighted by Crippen LogP contribution is -2.11. The summed E-state index contributed by atoms with van der Waals surface area (Å²) in [5.74, 6) is 0. The molecule has 2 aliphatic rings. The topological polar surface area (TPSA) is 0 Å². The highest BCUT2D eigenvalue weighted by Gasteiger charge is 2.37. The van der Waals surface area contributed by atoms with Gasteiger partial charge in [0, 0.05) is 0 Å². The lowest BCUT2D eigenvalue weighted by atomic mass is 9.88. The van der Waals surface area contributed by atoms with Crippen molar-refractivity contribution in [1.82, 2.24) is 0 Å². The average molecular weight is 382 g/mol. The zero-order valence-electron chi connectivity index (χ0n) is 14.5. The van der Waals surface area contributed by atoms with E-state index in [1.165, 1.54) is 0 Å². The molecular weight excluding hydrogens is 366 g/mol. The maximum absolute atomic E-state index is 13.3. The molecule has 0 aromatic heterocycles. The lowest BCUT2D eigenvalue weighted by molar-refractivity contribution is -0.143. The van der Waals surface area contributed by atoms with Gasteiger partial charge >= 0.3 is 12.4 Å². The molecule has 0 fully saturated rings. The number of benzene rings is 2. The summed E-state index contributed by atoms with van der Waals surface area (Å²) in [7, 11) is 0. The van der Waals surface area contributed by atoms with E-state index in [1.54, 1.807) is 0 Å². The molecule has 6 heteroatoms. The molecule has 0 amide bonds. The first-order valence-electron chi connectivity index (χ1n) is 8.68. The molecule has 0 aliphatic heterocycles. The maximum atomic E-state index is 13.3. The predicted molar refractivity (Wildman–Crippen MR) is 91.3 cm³/mol. The van der Waals surface area contributed by atoms with Gasteiger partial charge < -0.3 is 0 Å². The molecule has 0 nitrogen and oxygen atoms in total. The second-order valence-corrected chi connectivity index (χ2v) is 7.28. The van der Waals surface area contributed by atoms with Crippen LogP contribution in [0.4, 0.5) is 26.3 Å². The summed E-state index contributed by atoms with van der Waals surface area (Å²) >= 11 is 0. The van der Waals surface area contributed by atoms with E-state index in [4.69, 9.17) is 0 Å². The van der Waals surface area contributed by atoms with Crippen LogP contribution in [-0.4, -0.2) is 0 Å². The number of fused-ring (bicyclic) bond motifs is 2.